The third kappa shape index (κ3) is 2.16. The minimum atomic E-state index is -0.786. The van der Waals surface area contributed by atoms with E-state index < -0.39 is 11.9 Å². The van der Waals surface area contributed by atoms with Crippen molar-refractivity contribution in [2.24, 2.45) is 5.92 Å². The van der Waals surface area contributed by atoms with Gasteiger partial charge in [0.05, 0.1) is 11.4 Å². The highest BCUT2D eigenvalue weighted by Gasteiger charge is 2.11. The molecule has 0 saturated carbocycles. The fourth-order valence-corrected chi connectivity index (χ4v) is 1.57. The highest BCUT2D eigenvalue weighted by atomic mass is 16.4. The normalized spacial score (nSPS) is 12.6. The number of hydrogen-bond acceptors (Lipinski definition) is 3. The Morgan fingerprint density at radius 3 is 3.06 bits per heavy atom. The first-order chi connectivity index (χ1) is 7.66. The number of hydrogen-bond donors (Lipinski definition) is 1. The zero-order valence-corrected chi connectivity index (χ0v) is 8.92. The lowest BCUT2D eigenvalue weighted by molar-refractivity contribution is -0.141. The summed E-state index contributed by atoms with van der Waals surface area (Å²) in [6, 6.07) is 3.77. The van der Waals surface area contributed by atoms with E-state index in [0.29, 0.717) is 6.42 Å². The number of nitrogens with zero attached hydrogens (tertiary/aromatic N) is 2. The average molecular weight is 216 g/mol. The van der Waals surface area contributed by atoms with Gasteiger partial charge in [0.15, 0.2) is 0 Å². The zero-order chi connectivity index (χ0) is 11.5. The van der Waals surface area contributed by atoms with Gasteiger partial charge in [0, 0.05) is 24.0 Å². The van der Waals surface area contributed by atoms with Crippen LogP contribution in [0.4, 0.5) is 0 Å². The molecule has 1 atom stereocenters. The van der Waals surface area contributed by atoms with Crippen molar-refractivity contribution in [1.29, 1.82) is 0 Å². The average Bonchev–Trinajstić information content (AvgIpc) is 2.28. The Labute approximate surface area is 93.0 Å². The molecule has 16 heavy (non-hydrogen) atoms. The van der Waals surface area contributed by atoms with E-state index in [4.69, 9.17) is 5.11 Å². The van der Waals surface area contributed by atoms with E-state index >= 15 is 0 Å². The molecule has 0 radical (unpaired) electrons. The summed E-state index contributed by atoms with van der Waals surface area (Å²) in [7, 11) is 0. The van der Waals surface area contributed by atoms with Gasteiger partial charge in [0.1, 0.15) is 0 Å². The number of rotatable bonds is 3. The quantitative estimate of drug-likeness (QED) is 0.851. The number of carbonyl (C=O) groups is 1. The van der Waals surface area contributed by atoms with Crippen LogP contribution in [0.3, 0.4) is 0 Å². The molecular formula is C12H12N2O2. The lowest BCUT2D eigenvalue weighted by Crippen LogP contribution is -2.12. The smallest absolute Gasteiger partial charge is 0.306 e. The van der Waals surface area contributed by atoms with Gasteiger partial charge in [-0.2, -0.15) is 0 Å². The van der Waals surface area contributed by atoms with Crippen molar-refractivity contribution in [3.05, 3.63) is 36.3 Å². The Kier molecular flexibility index (Phi) is 2.81. The first-order valence-electron chi connectivity index (χ1n) is 5.08. The van der Waals surface area contributed by atoms with Crippen molar-refractivity contribution in [1.82, 2.24) is 9.97 Å². The molecule has 2 aromatic rings. The summed E-state index contributed by atoms with van der Waals surface area (Å²) < 4.78 is 0. The van der Waals surface area contributed by atoms with Gasteiger partial charge in [-0.05, 0) is 24.1 Å². The van der Waals surface area contributed by atoms with E-state index in [0.717, 1.165) is 16.5 Å². The molecule has 0 saturated heterocycles. The second-order valence-electron chi connectivity index (χ2n) is 3.86. The Bertz CT molecular complexity index is 525. The molecule has 0 aliphatic carbocycles. The van der Waals surface area contributed by atoms with Crippen molar-refractivity contribution < 1.29 is 9.90 Å². The number of fused-ring (bicyclic) bond motifs is 1. The molecule has 2 aromatic heterocycles. The summed E-state index contributed by atoms with van der Waals surface area (Å²) >= 11 is 0. The maximum absolute atomic E-state index is 10.7. The Balaban J connectivity index is 2.29. The predicted molar refractivity (Wildman–Crippen MR) is 60.0 cm³/mol. The molecule has 1 N–H and O–H groups in total. The van der Waals surface area contributed by atoms with Crippen LogP contribution in [0.1, 0.15) is 12.5 Å². The van der Waals surface area contributed by atoms with E-state index in [1.54, 1.807) is 25.5 Å². The maximum atomic E-state index is 10.7. The molecule has 82 valence electrons. The van der Waals surface area contributed by atoms with E-state index in [1.807, 2.05) is 12.1 Å². The molecule has 0 aromatic carbocycles. The van der Waals surface area contributed by atoms with Gasteiger partial charge in [0.25, 0.3) is 0 Å². The fourth-order valence-electron chi connectivity index (χ4n) is 1.57. The number of aromatic nitrogens is 2. The third-order valence-corrected chi connectivity index (χ3v) is 2.50. The summed E-state index contributed by atoms with van der Waals surface area (Å²) in [5, 5.41) is 9.77. The molecular weight excluding hydrogens is 204 g/mol. The monoisotopic (exact) mass is 216 g/mol. The Morgan fingerprint density at radius 1 is 1.50 bits per heavy atom. The van der Waals surface area contributed by atoms with Gasteiger partial charge in [0.2, 0.25) is 0 Å². The van der Waals surface area contributed by atoms with E-state index in [2.05, 4.69) is 9.97 Å². The minimum Gasteiger partial charge on any atom is -0.481 e. The summed E-state index contributed by atoms with van der Waals surface area (Å²) in [4.78, 5) is 19.0. The SMILES string of the molecule is CC(Cc1cnc2ccncc2c1)C(=O)O. The maximum Gasteiger partial charge on any atom is 0.306 e. The summed E-state index contributed by atoms with van der Waals surface area (Å²) in [6.45, 7) is 1.69. The minimum absolute atomic E-state index is 0.393. The van der Waals surface area contributed by atoms with Crippen LogP contribution >= 0.6 is 0 Å². The lowest BCUT2D eigenvalue weighted by atomic mass is 10.0. The van der Waals surface area contributed by atoms with Gasteiger partial charge in [-0.15, -0.1) is 0 Å². The van der Waals surface area contributed by atoms with Gasteiger partial charge in [-0.1, -0.05) is 6.92 Å². The summed E-state index contributed by atoms with van der Waals surface area (Å²) in [5.41, 5.74) is 1.80. The van der Waals surface area contributed by atoms with E-state index in [9.17, 15) is 4.79 Å². The van der Waals surface area contributed by atoms with Crippen molar-refractivity contribution in [3.8, 4) is 0 Å². The van der Waals surface area contributed by atoms with Crippen molar-refractivity contribution in [3.63, 3.8) is 0 Å². The van der Waals surface area contributed by atoms with Crippen LogP contribution in [-0.2, 0) is 11.2 Å². The number of pyridine rings is 2. The van der Waals surface area contributed by atoms with Gasteiger partial charge in [-0.25, -0.2) is 0 Å². The molecule has 0 aliphatic rings. The van der Waals surface area contributed by atoms with E-state index in [-0.39, 0.29) is 0 Å². The standard InChI is InChI=1S/C12H12N2O2/c1-8(12(15)16)4-9-5-10-7-13-3-2-11(10)14-6-9/h2-3,5-8H,4H2,1H3,(H,15,16). The first kappa shape index (κ1) is 10.5. The predicted octanol–water partition coefficient (Wildman–Crippen LogP) is 1.89. The van der Waals surface area contributed by atoms with Crippen LogP contribution in [0, 0.1) is 5.92 Å². The van der Waals surface area contributed by atoms with Crippen molar-refractivity contribution in [2.45, 2.75) is 13.3 Å². The molecule has 0 aliphatic heterocycles. The van der Waals surface area contributed by atoms with Crippen LogP contribution in [-0.4, -0.2) is 21.0 Å². The lowest BCUT2D eigenvalue weighted by Gasteiger charge is -2.06. The number of aliphatic carboxylic acids is 1. The highest BCUT2D eigenvalue weighted by molar-refractivity contribution is 5.77. The molecule has 0 fully saturated rings. The molecule has 2 heterocycles. The molecule has 0 bridgehead atoms. The van der Waals surface area contributed by atoms with Crippen molar-refractivity contribution >= 4 is 16.9 Å². The summed E-state index contributed by atoms with van der Waals surface area (Å²) in [5.74, 6) is -1.18. The van der Waals surface area contributed by atoms with Gasteiger partial charge < -0.3 is 5.11 Å². The van der Waals surface area contributed by atoms with Crippen LogP contribution < -0.4 is 0 Å². The summed E-state index contributed by atoms with van der Waals surface area (Å²) in [6.07, 6.45) is 5.64. The number of carboxylic acid groups (broad SMARTS) is 1. The van der Waals surface area contributed by atoms with Crippen LogP contribution in [0.25, 0.3) is 10.9 Å². The van der Waals surface area contributed by atoms with Gasteiger partial charge >= 0.3 is 5.97 Å². The van der Waals surface area contributed by atoms with Crippen LogP contribution in [0.2, 0.25) is 0 Å². The van der Waals surface area contributed by atoms with E-state index in [1.165, 1.54) is 0 Å². The molecule has 4 heteroatoms. The van der Waals surface area contributed by atoms with Crippen molar-refractivity contribution in [2.75, 3.05) is 0 Å². The largest absolute Gasteiger partial charge is 0.481 e. The van der Waals surface area contributed by atoms with Crippen LogP contribution in [0.5, 0.6) is 0 Å². The van der Waals surface area contributed by atoms with Crippen LogP contribution in [0.15, 0.2) is 30.7 Å². The molecule has 4 nitrogen and oxygen atoms in total. The molecule has 1 unspecified atom stereocenters. The molecule has 0 spiro atoms. The fraction of sp³-hybridized carbons (Fsp3) is 0.250. The number of carboxylic acids is 1. The second kappa shape index (κ2) is 4.26. The topological polar surface area (TPSA) is 63.1 Å². The first-order valence-corrected chi connectivity index (χ1v) is 5.08. The third-order valence-electron chi connectivity index (χ3n) is 2.50. The Morgan fingerprint density at radius 2 is 2.31 bits per heavy atom. The molecule has 0 amide bonds. The second-order valence-corrected chi connectivity index (χ2v) is 3.86. The molecule has 2 rings (SSSR count). The Hall–Kier alpha value is -1.97. The zero-order valence-electron chi connectivity index (χ0n) is 8.92. The van der Waals surface area contributed by atoms with Gasteiger partial charge in [-0.3, -0.25) is 14.8 Å². The highest BCUT2D eigenvalue weighted by Crippen LogP contribution is 2.14.